The second kappa shape index (κ2) is 5.30. The molecule has 2 rings (SSSR count). The third-order valence-corrected chi connectivity index (χ3v) is 2.93. The molecule has 0 unspecified atom stereocenters. The topological polar surface area (TPSA) is 102 Å². The number of phenols is 1. The fourth-order valence-corrected chi connectivity index (χ4v) is 1.91. The van der Waals surface area contributed by atoms with E-state index in [1.807, 2.05) is 0 Å². The number of aromatic nitrogens is 1. The fraction of sp³-hybridized carbons (Fsp3) is 0.167. The van der Waals surface area contributed by atoms with Crippen LogP contribution in [0.1, 0.15) is 10.6 Å². The summed E-state index contributed by atoms with van der Waals surface area (Å²) >= 11 is 5.97. The summed E-state index contributed by atoms with van der Waals surface area (Å²) in [5, 5.41) is 22.3. The van der Waals surface area contributed by atoms with Crippen LogP contribution in [0.15, 0.2) is 16.7 Å². The Balaban J connectivity index is 2.61. The van der Waals surface area contributed by atoms with Crippen molar-refractivity contribution in [3.63, 3.8) is 0 Å². The van der Waals surface area contributed by atoms with Gasteiger partial charge in [0.15, 0.2) is 11.5 Å². The summed E-state index contributed by atoms with van der Waals surface area (Å²) in [5.74, 6) is -1.50. The third-order valence-electron chi connectivity index (χ3n) is 2.58. The Labute approximate surface area is 118 Å². The lowest BCUT2D eigenvalue weighted by Gasteiger charge is -2.12. The Kier molecular flexibility index (Phi) is 3.71. The van der Waals surface area contributed by atoms with Crippen molar-refractivity contribution in [1.82, 2.24) is 5.16 Å². The second-order valence-corrected chi connectivity index (χ2v) is 4.08. The average molecular weight is 300 g/mol. The van der Waals surface area contributed by atoms with Crippen LogP contribution in [0, 0.1) is 0 Å². The smallest absolute Gasteiger partial charge is 0.374 e. The Bertz CT molecular complexity index is 666. The lowest BCUT2D eigenvalue weighted by molar-refractivity contribution is 0.0652. The highest BCUT2D eigenvalue weighted by Crippen LogP contribution is 2.46. The molecule has 2 N–H and O–H groups in total. The molecule has 1 aromatic heterocycles. The van der Waals surface area contributed by atoms with Gasteiger partial charge in [-0.15, -0.1) is 0 Å². The van der Waals surface area contributed by atoms with Gasteiger partial charge in [-0.1, -0.05) is 16.8 Å². The second-order valence-electron chi connectivity index (χ2n) is 3.70. The number of benzene rings is 1. The maximum atomic E-state index is 10.8. The van der Waals surface area contributed by atoms with Gasteiger partial charge in [-0.05, 0) is 6.07 Å². The number of hydrogen-bond acceptors (Lipinski definition) is 6. The van der Waals surface area contributed by atoms with Crippen LogP contribution in [0.25, 0.3) is 11.3 Å². The minimum absolute atomic E-state index is 0.0678. The third kappa shape index (κ3) is 2.23. The molecule has 0 aliphatic heterocycles. The number of methoxy groups -OCH3 is 2. The summed E-state index contributed by atoms with van der Waals surface area (Å²) < 4.78 is 14.8. The number of phenolic OH excluding ortho intramolecular Hbond substituents is 1. The van der Waals surface area contributed by atoms with E-state index in [1.165, 1.54) is 26.4 Å². The zero-order chi connectivity index (χ0) is 14.9. The van der Waals surface area contributed by atoms with Crippen molar-refractivity contribution in [3.05, 3.63) is 22.9 Å². The molecular weight excluding hydrogens is 290 g/mol. The predicted octanol–water partition coefficient (Wildman–Crippen LogP) is 2.42. The quantitative estimate of drug-likeness (QED) is 0.893. The van der Waals surface area contributed by atoms with Crippen molar-refractivity contribution in [2.45, 2.75) is 0 Å². The van der Waals surface area contributed by atoms with Gasteiger partial charge in [0, 0.05) is 6.07 Å². The van der Waals surface area contributed by atoms with Crippen LogP contribution >= 0.6 is 11.6 Å². The number of aromatic hydroxyl groups is 1. The maximum Gasteiger partial charge on any atom is 0.374 e. The molecule has 0 bridgehead atoms. The highest BCUT2D eigenvalue weighted by atomic mass is 35.5. The van der Waals surface area contributed by atoms with Crippen molar-refractivity contribution >= 4 is 17.6 Å². The van der Waals surface area contributed by atoms with E-state index in [2.05, 4.69) is 9.68 Å². The molecule has 1 aromatic carbocycles. The zero-order valence-electron chi connectivity index (χ0n) is 10.5. The number of halogens is 1. The van der Waals surface area contributed by atoms with Gasteiger partial charge in [-0.3, -0.25) is 0 Å². The van der Waals surface area contributed by atoms with Gasteiger partial charge in [-0.2, -0.15) is 0 Å². The first-order chi connectivity index (χ1) is 9.49. The Morgan fingerprint density at radius 3 is 2.55 bits per heavy atom. The largest absolute Gasteiger partial charge is 0.506 e. The number of rotatable bonds is 4. The number of aromatic carboxylic acids is 1. The molecule has 0 saturated heterocycles. The minimum Gasteiger partial charge on any atom is -0.506 e. The summed E-state index contributed by atoms with van der Waals surface area (Å²) in [6, 6.07) is 2.59. The van der Waals surface area contributed by atoms with Crippen LogP contribution in [0.2, 0.25) is 5.02 Å². The summed E-state index contributed by atoms with van der Waals surface area (Å²) in [4.78, 5) is 10.8. The molecule has 2 aromatic rings. The number of ether oxygens (including phenoxy) is 2. The zero-order valence-corrected chi connectivity index (χ0v) is 11.3. The first kappa shape index (κ1) is 14.0. The summed E-state index contributed by atoms with van der Waals surface area (Å²) in [7, 11) is 2.78. The molecule has 0 saturated carbocycles. The molecule has 0 radical (unpaired) electrons. The molecule has 8 heteroatoms. The molecule has 0 aliphatic carbocycles. The number of hydrogen-bond donors (Lipinski definition) is 2. The SMILES string of the molecule is COc1cc(-c2cc(C(=O)O)on2)c(O)c(Cl)c1OC. The lowest BCUT2D eigenvalue weighted by atomic mass is 10.1. The van der Waals surface area contributed by atoms with Crippen molar-refractivity contribution < 1.29 is 29.0 Å². The van der Waals surface area contributed by atoms with Crippen LogP contribution in [-0.4, -0.2) is 35.6 Å². The van der Waals surface area contributed by atoms with E-state index in [9.17, 15) is 9.90 Å². The minimum atomic E-state index is -1.27. The van der Waals surface area contributed by atoms with Crippen LogP contribution in [0.3, 0.4) is 0 Å². The number of carboxylic acids is 1. The van der Waals surface area contributed by atoms with Gasteiger partial charge < -0.3 is 24.2 Å². The Morgan fingerprint density at radius 1 is 1.35 bits per heavy atom. The normalized spacial score (nSPS) is 10.3. The van der Waals surface area contributed by atoms with Gasteiger partial charge in [0.2, 0.25) is 5.76 Å². The van der Waals surface area contributed by atoms with E-state index in [4.69, 9.17) is 26.2 Å². The maximum absolute atomic E-state index is 10.8. The van der Waals surface area contributed by atoms with E-state index in [1.54, 1.807) is 0 Å². The van der Waals surface area contributed by atoms with Crippen LogP contribution < -0.4 is 9.47 Å². The van der Waals surface area contributed by atoms with Crippen molar-refractivity contribution in [3.8, 4) is 28.5 Å². The van der Waals surface area contributed by atoms with Gasteiger partial charge in [0.05, 0.1) is 19.8 Å². The monoisotopic (exact) mass is 299 g/mol. The lowest BCUT2D eigenvalue weighted by Crippen LogP contribution is -1.93. The van der Waals surface area contributed by atoms with Gasteiger partial charge in [0.25, 0.3) is 0 Å². The molecule has 0 amide bonds. The van der Waals surface area contributed by atoms with E-state index < -0.39 is 5.97 Å². The highest BCUT2D eigenvalue weighted by molar-refractivity contribution is 6.34. The van der Waals surface area contributed by atoms with Crippen LogP contribution in [0.4, 0.5) is 0 Å². The van der Waals surface area contributed by atoms with Crippen LogP contribution in [-0.2, 0) is 0 Å². The molecule has 1 heterocycles. The molecule has 0 aliphatic rings. The van der Waals surface area contributed by atoms with Gasteiger partial charge in [0.1, 0.15) is 16.5 Å². The summed E-state index contributed by atoms with van der Waals surface area (Å²) in [5.41, 5.74) is 0.284. The van der Waals surface area contributed by atoms with E-state index in [-0.39, 0.29) is 39.3 Å². The molecule has 20 heavy (non-hydrogen) atoms. The molecule has 0 atom stereocenters. The number of carbonyl (C=O) groups is 1. The van der Waals surface area contributed by atoms with E-state index in [0.717, 1.165) is 0 Å². The van der Waals surface area contributed by atoms with Gasteiger partial charge >= 0.3 is 5.97 Å². The highest BCUT2D eigenvalue weighted by Gasteiger charge is 2.22. The van der Waals surface area contributed by atoms with E-state index >= 15 is 0 Å². The molecule has 0 spiro atoms. The van der Waals surface area contributed by atoms with Crippen molar-refractivity contribution in [2.75, 3.05) is 14.2 Å². The number of carboxylic acid groups (broad SMARTS) is 1. The first-order valence-corrected chi connectivity index (χ1v) is 5.71. The van der Waals surface area contributed by atoms with Gasteiger partial charge in [-0.25, -0.2) is 4.79 Å². The fourth-order valence-electron chi connectivity index (χ4n) is 1.64. The molecular formula is C12H10ClNO6. The van der Waals surface area contributed by atoms with Crippen molar-refractivity contribution in [2.24, 2.45) is 0 Å². The predicted molar refractivity (Wildman–Crippen MR) is 68.7 cm³/mol. The van der Waals surface area contributed by atoms with Crippen LogP contribution in [0.5, 0.6) is 17.2 Å². The molecule has 7 nitrogen and oxygen atoms in total. The Morgan fingerprint density at radius 2 is 2.05 bits per heavy atom. The summed E-state index contributed by atoms with van der Waals surface area (Å²) in [6.45, 7) is 0. The number of nitrogens with zero attached hydrogens (tertiary/aromatic N) is 1. The summed E-state index contributed by atoms with van der Waals surface area (Å²) in [6.07, 6.45) is 0. The van der Waals surface area contributed by atoms with E-state index in [0.29, 0.717) is 0 Å². The first-order valence-electron chi connectivity index (χ1n) is 5.33. The standard InChI is InChI=1S/C12H10ClNO6/c1-18-7-3-5(10(15)9(13)11(7)19-2)6-4-8(12(16)17)20-14-6/h3-4,15H,1-2H3,(H,16,17). The Hall–Kier alpha value is -2.41. The average Bonchev–Trinajstić information content (AvgIpc) is 2.91. The molecule has 0 fully saturated rings. The van der Waals surface area contributed by atoms with Crippen molar-refractivity contribution in [1.29, 1.82) is 0 Å². The molecule has 106 valence electrons.